The zero-order chi connectivity index (χ0) is 10.3. The highest BCUT2D eigenvalue weighted by Crippen LogP contribution is 2.34. The number of anilines is 1. The van der Waals surface area contributed by atoms with Crippen molar-refractivity contribution in [1.82, 2.24) is 0 Å². The molecule has 0 aromatic heterocycles. The molecular weight excluding hydrogens is 186 g/mol. The fraction of sp³-hybridized carbons (Fsp3) is 0.538. The maximum atomic E-state index is 9.93. The average Bonchev–Trinajstić information content (AvgIpc) is 2.83. The molecule has 0 bridgehead atoms. The van der Waals surface area contributed by atoms with Gasteiger partial charge in [0.1, 0.15) is 0 Å². The molecule has 0 radical (unpaired) electrons. The van der Waals surface area contributed by atoms with E-state index in [1.807, 2.05) is 0 Å². The van der Waals surface area contributed by atoms with Crippen LogP contribution in [0.25, 0.3) is 0 Å². The first-order chi connectivity index (χ1) is 7.36. The number of fused-ring (bicyclic) bond motifs is 1. The zero-order valence-electron chi connectivity index (χ0n) is 8.89. The van der Waals surface area contributed by atoms with E-state index in [0.717, 1.165) is 25.8 Å². The van der Waals surface area contributed by atoms with Gasteiger partial charge in [0.2, 0.25) is 0 Å². The monoisotopic (exact) mass is 203 g/mol. The topological polar surface area (TPSA) is 23.5 Å². The summed E-state index contributed by atoms with van der Waals surface area (Å²) in [5.41, 5.74) is 2.79. The van der Waals surface area contributed by atoms with Crippen LogP contribution in [0, 0.1) is 0 Å². The molecule has 1 N–H and O–H groups in total. The summed E-state index contributed by atoms with van der Waals surface area (Å²) in [4.78, 5) is 2.41. The number of hydrogen-bond acceptors (Lipinski definition) is 2. The third-order valence-corrected chi connectivity index (χ3v) is 3.77. The van der Waals surface area contributed by atoms with Gasteiger partial charge < -0.3 is 10.0 Å². The molecule has 80 valence electrons. The smallest absolute Gasteiger partial charge is 0.0743 e. The van der Waals surface area contributed by atoms with E-state index in [4.69, 9.17) is 0 Å². The fourth-order valence-corrected chi connectivity index (χ4v) is 2.99. The van der Waals surface area contributed by atoms with Crippen LogP contribution in [0.15, 0.2) is 24.3 Å². The SMILES string of the molecule is O[C@@H]1CCC[C@H]1N1CCc2ccccc21. The van der Waals surface area contributed by atoms with Gasteiger partial charge in [-0.15, -0.1) is 0 Å². The van der Waals surface area contributed by atoms with Crippen molar-refractivity contribution in [2.45, 2.75) is 37.8 Å². The summed E-state index contributed by atoms with van der Waals surface area (Å²) < 4.78 is 0. The molecule has 15 heavy (non-hydrogen) atoms. The molecule has 0 unspecified atom stereocenters. The van der Waals surface area contributed by atoms with Crippen molar-refractivity contribution < 1.29 is 5.11 Å². The van der Waals surface area contributed by atoms with E-state index in [-0.39, 0.29) is 6.10 Å². The lowest BCUT2D eigenvalue weighted by atomic mass is 10.1. The summed E-state index contributed by atoms with van der Waals surface area (Å²) in [5, 5.41) is 9.93. The Morgan fingerprint density at radius 2 is 2.07 bits per heavy atom. The number of hydrogen-bond donors (Lipinski definition) is 1. The van der Waals surface area contributed by atoms with Gasteiger partial charge in [0.05, 0.1) is 12.1 Å². The summed E-state index contributed by atoms with van der Waals surface area (Å²) in [5.74, 6) is 0. The molecule has 2 aliphatic rings. The van der Waals surface area contributed by atoms with E-state index >= 15 is 0 Å². The fourth-order valence-electron chi connectivity index (χ4n) is 2.99. The highest BCUT2D eigenvalue weighted by molar-refractivity contribution is 5.58. The number of rotatable bonds is 1. The lowest BCUT2D eigenvalue weighted by Crippen LogP contribution is -2.39. The minimum absolute atomic E-state index is 0.115. The molecule has 1 aliphatic carbocycles. The second kappa shape index (κ2) is 3.53. The highest BCUT2D eigenvalue weighted by atomic mass is 16.3. The molecule has 3 rings (SSSR count). The van der Waals surface area contributed by atoms with Gasteiger partial charge in [-0.05, 0) is 37.3 Å². The Bertz CT molecular complexity index is 363. The van der Waals surface area contributed by atoms with Gasteiger partial charge in [-0.1, -0.05) is 18.2 Å². The van der Waals surface area contributed by atoms with Crippen molar-refractivity contribution in [3.8, 4) is 0 Å². The maximum absolute atomic E-state index is 9.93. The summed E-state index contributed by atoms with van der Waals surface area (Å²) in [7, 11) is 0. The van der Waals surface area contributed by atoms with Crippen LogP contribution >= 0.6 is 0 Å². The van der Waals surface area contributed by atoms with Gasteiger partial charge in [-0.25, -0.2) is 0 Å². The molecule has 1 aromatic carbocycles. The Kier molecular flexibility index (Phi) is 2.17. The highest BCUT2D eigenvalue weighted by Gasteiger charge is 2.33. The largest absolute Gasteiger partial charge is 0.391 e. The minimum Gasteiger partial charge on any atom is -0.391 e. The lowest BCUT2D eigenvalue weighted by molar-refractivity contribution is 0.161. The number of aliphatic hydroxyl groups excluding tert-OH is 1. The average molecular weight is 203 g/mol. The Morgan fingerprint density at radius 1 is 1.20 bits per heavy atom. The quantitative estimate of drug-likeness (QED) is 0.754. The molecule has 1 heterocycles. The molecule has 2 nitrogen and oxygen atoms in total. The minimum atomic E-state index is -0.115. The van der Waals surface area contributed by atoms with E-state index in [1.54, 1.807) is 0 Å². The molecule has 0 amide bonds. The van der Waals surface area contributed by atoms with Crippen LogP contribution in [0.3, 0.4) is 0 Å². The number of benzene rings is 1. The van der Waals surface area contributed by atoms with E-state index in [0.29, 0.717) is 6.04 Å². The second-order valence-corrected chi connectivity index (χ2v) is 4.64. The van der Waals surface area contributed by atoms with E-state index in [9.17, 15) is 5.11 Å². The lowest BCUT2D eigenvalue weighted by Gasteiger charge is -2.29. The third kappa shape index (κ3) is 1.44. The first-order valence-corrected chi connectivity index (χ1v) is 5.89. The van der Waals surface area contributed by atoms with Crippen molar-refractivity contribution in [2.24, 2.45) is 0 Å². The molecule has 0 saturated heterocycles. The summed E-state index contributed by atoms with van der Waals surface area (Å²) >= 11 is 0. The molecule has 1 fully saturated rings. The molecule has 1 saturated carbocycles. The van der Waals surface area contributed by atoms with Crippen LogP contribution in [-0.4, -0.2) is 23.8 Å². The first kappa shape index (κ1) is 9.22. The predicted octanol–water partition coefficient (Wildman–Crippen LogP) is 1.96. The van der Waals surface area contributed by atoms with Gasteiger partial charge in [0.15, 0.2) is 0 Å². The van der Waals surface area contributed by atoms with Gasteiger partial charge in [-0.3, -0.25) is 0 Å². The van der Waals surface area contributed by atoms with Crippen molar-refractivity contribution >= 4 is 5.69 Å². The van der Waals surface area contributed by atoms with Crippen LogP contribution in [-0.2, 0) is 6.42 Å². The molecule has 1 aliphatic heterocycles. The van der Waals surface area contributed by atoms with Crippen LogP contribution in [0.2, 0.25) is 0 Å². The van der Waals surface area contributed by atoms with Crippen LogP contribution in [0.5, 0.6) is 0 Å². The summed E-state index contributed by atoms with van der Waals surface area (Å²) in [6.07, 6.45) is 4.32. The molecular formula is C13H17NO. The Morgan fingerprint density at radius 3 is 2.87 bits per heavy atom. The number of nitrogens with zero attached hydrogens (tertiary/aromatic N) is 1. The second-order valence-electron chi connectivity index (χ2n) is 4.64. The van der Waals surface area contributed by atoms with Crippen LogP contribution in [0.1, 0.15) is 24.8 Å². The molecule has 2 heteroatoms. The van der Waals surface area contributed by atoms with Gasteiger partial charge in [0, 0.05) is 12.2 Å². The number of aliphatic hydroxyl groups is 1. The van der Waals surface area contributed by atoms with Crippen LogP contribution < -0.4 is 4.90 Å². The molecule has 0 spiro atoms. The Balaban J connectivity index is 1.90. The Labute approximate surface area is 90.5 Å². The van der Waals surface area contributed by atoms with E-state index < -0.39 is 0 Å². The molecule has 2 atom stereocenters. The van der Waals surface area contributed by atoms with E-state index in [2.05, 4.69) is 29.2 Å². The van der Waals surface area contributed by atoms with Crippen molar-refractivity contribution in [3.63, 3.8) is 0 Å². The summed E-state index contributed by atoms with van der Waals surface area (Å²) in [6.45, 7) is 1.08. The van der Waals surface area contributed by atoms with Gasteiger partial charge >= 0.3 is 0 Å². The van der Waals surface area contributed by atoms with Crippen LogP contribution in [0.4, 0.5) is 5.69 Å². The zero-order valence-corrected chi connectivity index (χ0v) is 8.89. The third-order valence-electron chi connectivity index (χ3n) is 3.77. The maximum Gasteiger partial charge on any atom is 0.0743 e. The van der Waals surface area contributed by atoms with E-state index in [1.165, 1.54) is 17.7 Å². The van der Waals surface area contributed by atoms with Gasteiger partial charge in [-0.2, -0.15) is 0 Å². The van der Waals surface area contributed by atoms with Crippen molar-refractivity contribution in [2.75, 3.05) is 11.4 Å². The van der Waals surface area contributed by atoms with Crippen molar-refractivity contribution in [3.05, 3.63) is 29.8 Å². The standard InChI is InChI=1S/C13H17NO/c15-13-7-3-6-12(13)14-9-8-10-4-1-2-5-11(10)14/h1-2,4-5,12-13,15H,3,6-9H2/t12-,13-/m1/s1. The normalized spacial score (nSPS) is 29.5. The predicted molar refractivity (Wildman–Crippen MR) is 61.1 cm³/mol. The van der Waals surface area contributed by atoms with Gasteiger partial charge in [0.25, 0.3) is 0 Å². The summed E-state index contributed by atoms with van der Waals surface area (Å²) in [6, 6.07) is 8.96. The number of para-hydroxylation sites is 1. The van der Waals surface area contributed by atoms with Crippen molar-refractivity contribution in [1.29, 1.82) is 0 Å². The first-order valence-electron chi connectivity index (χ1n) is 5.89. The molecule has 1 aromatic rings. The Hall–Kier alpha value is -1.02.